The van der Waals surface area contributed by atoms with Gasteiger partial charge in [-0.15, -0.1) is 10.2 Å². The summed E-state index contributed by atoms with van der Waals surface area (Å²) in [5.41, 5.74) is 4.95. The predicted molar refractivity (Wildman–Crippen MR) is 139 cm³/mol. The second kappa shape index (κ2) is 9.58. The van der Waals surface area contributed by atoms with Crippen LogP contribution in [0.2, 0.25) is 0 Å². The minimum atomic E-state index is -0.242. The summed E-state index contributed by atoms with van der Waals surface area (Å²) >= 11 is 0. The molecule has 0 unspecified atom stereocenters. The molecular formula is C28H26N6O2. The molecule has 36 heavy (non-hydrogen) atoms. The van der Waals surface area contributed by atoms with Gasteiger partial charge >= 0.3 is 0 Å². The van der Waals surface area contributed by atoms with E-state index in [1.54, 1.807) is 16.9 Å². The molecule has 3 heterocycles. The molecule has 0 bridgehead atoms. The van der Waals surface area contributed by atoms with Crippen LogP contribution in [0.25, 0.3) is 28.3 Å². The van der Waals surface area contributed by atoms with E-state index in [-0.39, 0.29) is 17.9 Å². The monoisotopic (exact) mass is 478 g/mol. The number of aromatic nitrogens is 5. The largest absolute Gasteiger partial charge is 0.484 e. The molecule has 0 aliphatic carbocycles. The highest BCUT2D eigenvalue weighted by molar-refractivity contribution is 5.92. The molecule has 1 N–H and O–H groups in total. The van der Waals surface area contributed by atoms with E-state index in [0.29, 0.717) is 22.9 Å². The van der Waals surface area contributed by atoms with Gasteiger partial charge in [0.05, 0.1) is 5.69 Å². The summed E-state index contributed by atoms with van der Waals surface area (Å²) in [6.45, 7) is 6.39. The van der Waals surface area contributed by atoms with Crippen LogP contribution in [0.1, 0.15) is 26.3 Å². The third-order valence-corrected chi connectivity index (χ3v) is 5.71. The maximum atomic E-state index is 12.5. The summed E-state index contributed by atoms with van der Waals surface area (Å²) in [7, 11) is 0. The Balaban J connectivity index is 1.29. The molecule has 5 rings (SSSR count). The van der Waals surface area contributed by atoms with Crippen LogP contribution in [0.4, 0.5) is 5.69 Å². The van der Waals surface area contributed by atoms with Crippen LogP contribution in [0.5, 0.6) is 5.75 Å². The molecule has 0 fully saturated rings. The summed E-state index contributed by atoms with van der Waals surface area (Å²) in [6, 6.07) is 22.8. The van der Waals surface area contributed by atoms with E-state index in [1.165, 1.54) is 5.56 Å². The molecule has 0 saturated heterocycles. The highest BCUT2D eigenvalue weighted by atomic mass is 16.5. The van der Waals surface area contributed by atoms with Crippen LogP contribution in [0.3, 0.4) is 0 Å². The predicted octanol–water partition coefficient (Wildman–Crippen LogP) is 5.17. The van der Waals surface area contributed by atoms with Crippen molar-refractivity contribution < 1.29 is 9.53 Å². The molecule has 0 aliphatic rings. The number of pyridine rings is 1. The summed E-state index contributed by atoms with van der Waals surface area (Å²) in [5.74, 6) is 1.02. The van der Waals surface area contributed by atoms with E-state index in [4.69, 9.17) is 9.84 Å². The number of benzene rings is 2. The number of fused-ring (bicyclic) bond motifs is 1. The lowest BCUT2D eigenvalue weighted by molar-refractivity contribution is -0.118. The zero-order valence-corrected chi connectivity index (χ0v) is 20.3. The van der Waals surface area contributed by atoms with Gasteiger partial charge in [-0.25, -0.2) is 0 Å². The molecule has 0 atom stereocenters. The van der Waals surface area contributed by atoms with Crippen LogP contribution >= 0.6 is 0 Å². The summed E-state index contributed by atoms with van der Waals surface area (Å²) < 4.78 is 7.36. The molecule has 1 amide bonds. The van der Waals surface area contributed by atoms with Crippen LogP contribution in [-0.4, -0.2) is 37.3 Å². The number of nitrogens with one attached hydrogen (secondary N) is 1. The number of carbonyl (C=O) groups is 1. The van der Waals surface area contributed by atoms with Crippen molar-refractivity contribution in [3.63, 3.8) is 0 Å². The zero-order valence-electron chi connectivity index (χ0n) is 20.3. The second-order valence-corrected chi connectivity index (χ2v) is 9.45. The van der Waals surface area contributed by atoms with Crippen molar-refractivity contribution in [1.29, 1.82) is 0 Å². The highest BCUT2D eigenvalue weighted by Crippen LogP contribution is 2.25. The van der Waals surface area contributed by atoms with Crippen molar-refractivity contribution in [2.24, 2.45) is 0 Å². The lowest BCUT2D eigenvalue weighted by Gasteiger charge is -2.19. The summed E-state index contributed by atoms with van der Waals surface area (Å²) in [4.78, 5) is 16.7. The van der Waals surface area contributed by atoms with Gasteiger partial charge in [-0.3, -0.25) is 9.78 Å². The number of hydrogen-bond acceptors (Lipinski definition) is 6. The number of anilines is 1. The molecule has 3 aromatic heterocycles. The van der Waals surface area contributed by atoms with Gasteiger partial charge in [0.25, 0.3) is 5.91 Å². The first-order valence-electron chi connectivity index (χ1n) is 11.6. The number of hydrogen-bond donors (Lipinski definition) is 1. The molecule has 8 nitrogen and oxygen atoms in total. The van der Waals surface area contributed by atoms with Gasteiger partial charge in [0.1, 0.15) is 5.75 Å². The van der Waals surface area contributed by atoms with E-state index in [0.717, 1.165) is 16.8 Å². The van der Waals surface area contributed by atoms with Gasteiger partial charge in [-0.1, -0.05) is 45.0 Å². The van der Waals surface area contributed by atoms with Gasteiger partial charge in [-0.05, 0) is 59.5 Å². The fourth-order valence-electron chi connectivity index (χ4n) is 3.77. The normalized spacial score (nSPS) is 11.4. The van der Waals surface area contributed by atoms with E-state index in [1.807, 2.05) is 72.8 Å². The summed E-state index contributed by atoms with van der Waals surface area (Å²) in [5, 5.41) is 16.1. The topological polar surface area (TPSA) is 94.3 Å². The smallest absolute Gasteiger partial charge is 0.262 e. The van der Waals surface area contributed by atoms with Crippen LogP contribution in [0.15, 0.2) is 85.2 Å². The first-order valence-corrected chi connectivity index (χ1v) is 11.6. The molecular weight excluding hydrogens is 452 g/mol. The van der Waals surface area contributed by atoms with E-state index < -0.39 is 0 Å². The Bertz CT molecular complexity index is 1510. The molecule has 2 aromatic carbocycles. The Morgan fingerprint density at radius 2 is 1.75 bits per heavy atom. The maximum Gasteiger partial charge on any atom is 0.262 e. The van der Waals surface area contributed by atoms with Crippen molar-refractivity contribution >= 4 is 17.2 Å². The third kappa shape index (κ3) is 5.07. The van der Waals surface area contributed by atoms with E-state index >= 15 is 0 Å². The van der Waals surface area contributed by atoms with Crippen molar-refractivity contribution in [3.8, 4) is 28.4 Å². The highest BCUT2D eigenvalue weighted by Gasteiger charge is 2.14. The Morgan fingerprint density at radius 3 is 2.50 bits per heavy atom. The zero-order chi connectivity index (χ0) is 25.1. The van der Waals surface area contributed by atoms with Crippen molar-refractivity contribution in [3.05, 3.63) is 90.8 Å². The SMILES string of the molecule is CC(C)(C)c1ccc(OCC(=O)Nc2cccc(-c3ccc4nnc(-c5cccnc5)n4n3)c2)cc1. The number of ether oxygens (including phenoxy) is 1. The van der Waals surface area contributed by atoms with Crippen LogP contribution < -0.4 is 10.1 Å². The Morgan fingerprint density at radius 1 is 0.944 bits per heavy atom. The second-order valence-electron chi connectivity index (χ2n) is 9.45. The van der Waals surface area contributed by atoms with Gasteiger partial charge in [0.15, 0.2) is 18.1 Å². The maximum absolute atomic E-state index is 12.5. The Kier molecular flexibility index (Phi) is 6.16. The van der Waals surface area contributed by atoms with Gasteiger partial charge in [0, 0.05) is 29.2 Å². The lowest BCUT2D eigenvalue weighted by atomic mass is 9.87. The minimum Gasteiger partial charge on any atom is -0.484 e. The average Bonchev–Trinajstić information content (AvgIpc) is 3.31. The molecule has 0 aliphatic heterocycles. The minimum absolute atomic E-state index is 0.0645. The molecule has 180 valence electrons. The first-order chi connectivity index (χ1) is 17.4. The molecule has 0 saturated carbocycles. The molecule has 8 heteroatoms. The Labute approximate surface area is 209 Å². The number of amides is 1. The van der Waals surface area contributed by atoms with Crippen LogP contribution in [-0.2, 0) is 10.2 Å². The fourth-order valence-corrected chi connectivity index (χ4v) is 3.77. The number of carbonyl (C=O) groups excluding carboxylic acids is 1. The number of nitrogens with zero attached hydrogens (tertiary/aromatic N) is 5. The average molecular weight is 479 g/mol. The van der Waals surface area contributed by atoms with E-state index in [2.05, 4.69) is 41.3 Å². The third-order valence-electron chi connectivity index (χ3n) is 5.71. The van der Waals surface area contributed by atoms with Crippen LogP contribution in [0, 0.1) is 0 Å². The summed E-state index contributed by atoms with van der Waals surface area (Å²) in [6.07, 6.45) is 3.43. The van der Waals surface area contributed by atoms with Crippen molar-refractivity contribution in [2.45, 2.75) is 26.2 Å². The van der Waals surface area contributed by atoms with Gasteiger partial charge in [-0.2, -0.15) is 9.61 Å². The number of rotatable bonds is 6. The quantitative estimate of drug-likeness (QED) is 0.362. The molecule has 5 aromatic rings. The first kappa shape index (κ1) is 23.2. The van der Waals surface area contributed by atoms with Gasteiger partial charge < -0.3 is 10.1 Å². The fraction of sp³-hybridized carbons (Fsp3) is 0.179. The standard InChI is InChI=1S/C28H26N6O2/c1-28(2,3)21-9-11-23(12-10-21)36-18-26(35)30-22-8-4-6-19(16-22)24-13-14-25-31-32-27(34(25)33-24)20-7-5-15-29-17-20/h4-17H,18H2,1-3H3,(H,30,35). The van der Waals surface area contributed by atoms with Gasteiger partial charge in [0.2, 0.25) is 0 Å². The lowest BCUT2D eigenvalue weighted by Crippen LogP contribution is -2.20. The van der Waals surface area contributed by atoms with E-state index in [9.17, 15) is 4.79 Å². The Hall–Kier alpha value is -4.59. The van der Waals surface area contributed by atoms with Crippen molar-refractivity contribution in [2.75, 3.05) is 11.9 Å². The van der Waals surface area contributed by atoms with Crippen molar-refractivity contribution in [1.82, 2.24) is 24.8 Å². The molecule has 0 radical (unpaired) electrons. The molecule has 0 spiro atoms.